The number of hydrogen-bond acceptors (Lipinski definition) is 2. The molecule has 0 unspecified atom stereocenters. The number of likely N-dealkylation sites (tertiary alicyclic amines) is 1. The molecule has 1 aromatic carbocycles. The van der Waals surface area contributed by atoms with Crippen molar-refractivity contribution in [2.24, 2.45) is 0 Å². The van der Waals surface area contributed by atoms with Crippen LogP contribution in [0.4, 0.5) is 0 Å². The van der Waals surface area contributed by atoms with Crippen molar-refractivity contribution in [1.29, 1.82) is 0 Å². The van der Waals surface area contributed by atoms with Crippen LogP contribution in [0, 0.1) is 0 Å². The standard InChI is InChI=1S/C19H32N2/c1-3-8-18(9-4-2)20-19-12-14-21(15-13-19)16-17-10-6-5-7-11-17/h5-7,10-11,18-20H,3-4,8-9,12-16H2,1-2H3. The minimum absolute atomic E-state index is 0.736. The molecule has 0 saturated carbocycles. The van der Waals surface area contributed by atoms with Crippen LogP contribution in [-0.2, 0) is 6.54 Å². The smallest absolute Gasteiger partial charge is 0.0233 e. The van der Waals surface area contributed by atoms with Crippen molar-refractivity contribution in [2.75, 3.05) is 13.1 Å². The first-order valence-corrected chi connectivity index (χ1v) is 8.84. The van der Waals surface area contributed by atoms with Gasteiger partial charge in [-0.15, -0.1) is 0 Å². The molecule has 0 aromatic heterocycles. The molecule has 1 aromatic rings. The number of rotatable bonds is 8. The number of nitrogens with zero attached hydrogens (tertiary/aromatic N) is 1. The van der Waals surface area contributed by atoms with E-state index in [9.17, 15) is 0 Å². The Morgan fingerprint density at radius 2 is 1.67 bits per heavy atom. The van der Waals surface area contributed by atoms with E-state index in [1.165, 1.54) is 57.2 Å². The van der Waals surface area contributed by atoms with Crippen molar-refractivity contribution in [2.45, 2.75) is 71.0 Å². The van der Waals surface area contributed by atoms with Crippen molar-refractivity contribution in [1.82, 2.24) is 10.2 Å². The maximum atomic E-state index is 3.92. The second kappa shape index (κ2) is 9.22. The molecule has 0 bridgehead atoms. The Kier molecular flexibility index (Phi) is 7.25. The minimum atomic E-state index is 0.736. The van der Waals surface area contributed by atoms with Crippen LogP contribution in [0.5, 0.6) is 0 Å². The highest BCUT2D eigenvalue weighted by Crippen LogP contribution is 2.16. The maximum Gasteiger partial charge on any atom is 0.0233 e. The summed E-state index contributed by atoms with van der Waals surface area (Å²) >= 11 is 0. The van der Waals surface area contributed by atoms with Crippen molar-refractivity contribution >= 4 is 0 Å². The molecule has 2 nitrogen and oxygen atoms in total. The lowest BCUT2D eigenvalue weighted by Gasteiger charge is -2.34. The van der Waals surface area contributed by atoms with Gasteiger partial charge in [0.15, 0.2) is 0 Å². The van der Waals surface area contributed by atoms with E-state index in [1.54, 1.807) is 0 Å². The predicted molar refractivity (Wildman–Crippen MR) is 91.5 cm³/mol. The highest BCUT2D eigenvalue weighted by Gasteiger charge is 2.21. The molecule has 1 fully saturated rings. The molecular formula is C19H32N2. The Balaban J connectivity index is 1.72. The molecule has 21 heavy (non-hydrogen) atoms. The van der Waals surface area contributed by atoms with E-state index in [-0.39, 0.29) is 0 Å². The molecule has 0 atom stereocenters. The first-order chi connectivity index (χ1) is 10.3. The summed E-state index contributed by atoms with van der Waals surface area (Å²) in [5.41, 5.74) is 1.44. The zero-order valence-electron chi connectivity index (χ0n) is 13.9. The molecule has 2 rings (SSSR count). The molecule has 1 N–H and O–H groups in total. The van der Waals surface area contributed by atoms with Crippen LogP contribution in [0.25, 0.3) is 0 Å². The topological polar surface area (TPSA) is 15.3 Å². The number of benzene rings is 1. The van der Waals surface area contributed by atoms with Gasteiger partial charge in [0.05, 0.1) is 0 Å². The van der Waals surface area contributed by atoms with Gasteiger partial charge in [0, 0.05) is 18.6 Å². The molecule has 1 heterocycles. The lowest BCUT2D eigenvalue weighted by molar-refractivity contribution is 0.181. The highest BCUT2D eigenvalue weighted by atomic mass is 15.1. The van der Waals surface area contributed by atoms with Gasteiger partial charge in [-0.2, -0.15) is 0 Å². The zero-order chi connectivity index (χ0) is 14.9. The van der Waals surface area contributed by atoms with E-state index in [0.29, 0.717) is 0 Å². The van der Waals surface area contributed by atoms with E-state index in [1.807, 2.05) is 0 Å². The summed E-state index contributed by atoms with van der Waals surface area (Å²) in [5, 5.41) is 3.92. The van der Waals surface area contributed by atoms with Gasteiger partial charge in [-0.05, 0) is 44.3 Å². The third-order valence-electron chi connectivity index (χ3n) is 4.58. The molecule has 1 saturated heterocycles. The molecule has 0 spiro atoms. The zero-order valence-corrected chi connectivity index (χ0v) is 13.9. The van der Waals surface area contributed by atoms with Gasteiger partial charge >= 0.3 is 0 Å². The van der Waals surface area contributed by atoms with Crippen LogP contribution in [0.15, 0.2) is 30.3 Å². The van der Waals surface area contributed by atoms with E-state index in [4.69, 9.17) is 0 Å². The number of piperidine rings is 1. The normalized spacial score (nSPS) is 17.5. The molecule has 0 amide bonds. The lowest BCUT2D eigenvalue weighted by atomic mass is 10.00. The van der Waals surface area contributed by atoms with Crippen LogP contribution in [0.1, 0.15) is 57.9 Å². The Labute approximate surface area is 130 Å². The molecule has 0 radical (unpaired) electrons. The fraction of sp³-hybridized carbons (Fsp3) is 0.684. The second-order valence-electron chi connectivity index (χ2n) is 6.48. The molecule has 1 aliphatic rings. The molecule has 0 aliphatic carbocycles. The summed E-state index contributed by atoms with van der Waals surface area (Å²) in [5.74, 6) is 0. The predicted octanol–water partition coefficient (Wildman–Crippen LogP) is 4.21. The van der Waals surface area contributed by atoms with E-state index in [2.05, 4.69) is 54.4 Å². The van der Waals surface area contributed by atoms with Gasteiger partial charge in [-0.25, -0.2) is 0 Å². The SMILES string of the molecule is CCCC(CCC)NC1CCN(Cc2ccccc2)CC1. The Bertz CT molecular complexity index is 362. The van der Waals surface area contributed by atoms with Gasteiger partial charge < -0.3 is 5.32 Å². The average Bonchev–Trinajstić information content (AvgIpc) is 2.51. The maximum absolute atomic E-state index is 3.92. The van der Waals surface area contributed by atoms with Crippen LogP contribution in [0.2, 0.25) is 0 Å². The van der Waals surface area contributed by atoms with E-state index < -0.39 is 0 Å². The highest BCUT2D eigenvalue weighted by molar-refractivity contribution is 5.14. The monoisotopic (exact) mass is 288 g/mol. The summed E-state index contributed by atoms with van der Waals surface area (Å²) in [7, 11) is 0. The van der Waals surface area contributed by atoms with E-state index >= 15 is 0 Å². The minimum Gasteiger partial charge on any atom is -0.311 e. The summed E-state index contributed by atoms with van der Waals surface area (Å²) in [6.07, 6.45) is 7.86. The van der Waals surface area contributed by atoms with Crippen molar-refractivity contribution in [3.8, 4) is 0 Å². The largest absolute Gasteiger partial charge is 0.311 e. The van der Waals surface area contributed by atoms with Crippen molar-refractivity contribution in [3.63, 3.8) is 0 Å². The van der Waals surface area contributed by atoms with Crippen molar-refractivity contribution in [3.05, 3.63) is 35.9 Å². The molecule has 1 aliphatic heterocycles. The molecular weight excluding hydrogens is 256 g/mol. The Hall–Kier alpha value is -0.860. The number of nitrogens with one attached hydrogen (secondary N) is 1. The van der Waals surface area contributed by atoms with Crippen LogP contribution >= 0.6 is 0 Å². The summed E-state index contributed by atoms with van der Waals surface area (Å²) < 4.78 is 0. The molecule has 2 heteroatoms. The van der Waals surface area contributed by atoms with Crippen LogP contribution in [0.3, 0.4) is 0 Å². The van der Waals surface area contributed by atoms with Crippen molar-refractivity contribution < 1.29 is 0 Å². The second-order valence-corrected chi connectivity index (χ2v) is 6.48. The van der Waals surface area contributed by atoms with Gasteiger partial charge in [-0.3, -0.25) is 4.90 Å². The number of hydrogen-bond donors (Lipinski definition) is 1. The first-order valence-electron chi connectivity index (χ1n) is 8.84. The summed E-state index contributed by atoms with van der Waals surface area (Å²) in [4.78, 5) is 2.60. The lowest BCUT2D eigenvalue weighted by Crippen LogP contribution is -2.45. The van der Waals surface area contributed by atoms with Gasteiger partial charge in [0.2, 0.25) is 0 Å². The average molecular weight is 288 g/mol. The Morgan fingerprint density at radius 3 is 2.24 bits per heavy atom. The third-order valence-corrected chi connectivity index (χ3v) is 4.58. The Morgan fingerprint density at radius 1 is 1.05 bits per heavy atom. The van der Waals surface area contributed by atoms with Crippen LogP contribution in [-0.4, -0.2) is 30.1 Å². The van der Waals surface area contributed by atoms with Gasteiger partial charge in [0.1, 0.15) is 0 Å². The van der Waals surface area contributed by atoms with Gasteiger partial charge in [-0.1, -0.05) is 57.0 Å². The molecule has 118 valence electrons. The fourth-order valence-electron chi connectivity index (χ4n) is 3.44. The first kappa shape index (κ1) is 16.5. The van der Waals surface area contributed by atoms with E-state index in [0.717, 1.165) is 18.6 Å². The summed E-state index contributed by atoms with van der Waals surface area (Å²) in [6.45, 7) is 8.18. The summed E-state index contributed by atoms with van der Waals surface area (Å²) in [6, 6.07) is 12.3. The van der Waals surface area contributed by atoms with Crippen LogP contribution < -0.4 is 5.32 Å². The quantitative estimate of drug-likeness (QED) is 0.771. The van der Waals surface area contributed by atoms with Gasteiger partial charge in [0.25, 0.3) is 0 Å². The third kappa shape index (κ3) is 5.80. The fourth-order valence-corrected chi connectivity index (χ4v) is 3.44.